The Morgan fingerprint density at radius 2 is 1.69 bits per heavy atom. The number of rotatable bonds is 6. The fourth-order valence-electron chi connectivity index (χ4n) is 3.03. The molecule has 1 heterocycles. The molecule has 0 aliphatic heterocycles. The lowest BCUT2D eigenvalue weighted by atomic mass is 10.1. The maximum absolute atomic E-state index is 12.9. The maximum Gasteiger partial charge on any atom is 0.294 e. The summed E-state index contributed by atoms with van der Waals surface area (Å²) >= 11 is 6.07. The molecule has 0 atom stereocenters. The SMILES string of the molecule is Cc1ccc(NC(=O)c2cc(-c3ccccc3)no2)cc1S(=O)(=O)Nc1ccccc1Cl. The lowest BCUT2D eigenvalue weighted by Gasteiger charge is -2.13. The second-order valence-electron chi connectivity index (χ2n) is 6.96. The number of carbonyl (C=O) groups is 1. The normalized spacial score (nSPS) is 11.2. The summed E-state index contributed by atoms with van der Waals surface area (Å²) < 4.78 is 33.5. The second-order valence-corrected chi connectivity index (χ2v) is 9.02. The number of hydrogen-bond acceptors (Lipinski definition) is 5. The van der Waals surface area contributed by atoms with Crippen molar-refractivity contribution in [2.24, 2.45) is 0 Å². The number of para-hydroxylation sites is 1. The van der Waals surface area contributed by atoms with Crippen LogP contribution in [0.25, 0.3) is 11.3 Å². The van der Waals surface area contributed by atoms with Crippen LogP contribution < -0.4 is 10.0 Å². The number of hydrogen-bond donors (Lipinski definition) is 2. The molecule has 0 saturated carbocycles. The summed E-state index contributed by atoms with van der Waals surface area (Å²) in [5.74, 6) is -0.547. The topological polar surface area (TPSA) is 101 Å². The maximum atomic E-state index is 12.9. The lowest BCUT2D eigenvalue weighted by molar-refractivity contribution is 0.0988. The standard InChI is InChI=1S/C23H18ClN3O4S/c1-15-11-12-17(13-22(15)32(29,30)27-19-10-6-5-9-18(19)24)25-23(28)21-14-20(26-31-21)16-7-3-2-4-8-16/h2-14,27H,1H3,(H,25,28). The van der Waals surface area contributed by atoms with Gasteiger partial charge >= 0.3 is 0 Å². The van der Waals surface area contributed by atoms with E-state index in [0.29, 0.717) is 11.3 Å². The minimum atomic E-state index is -3.94. The lowest BCUT2D eigenvalue weighted by Crippen LogP contribution is -2.16. The van der Waals surface area contributed by atoms with Gasteiger partial charge in [0.05, 0.1) is 15.6 Å². The van der Waals surface area contributed by atoms with Crippen LogP contribution >= 0.6 is 11.6 Å². The number of anilines is 2. The van der Waals surface area contributed by atoms with Crippen LogP contribution in [0, 0.1) is 6.92 Å². The largest absolute Gasteiger partial charge is 0.350 e. The molecular weight excluding hydrogens is 450 g/mol. The van der Waals surface area contributed by atoms with Gasteiger partial charge in [0.15, 0.2) is 0 Å². The van der Waals surface area contributed by atoms with Crippen molar-refractivity contribution in [2.45, 2.75) is 11.8 Å². The highest BCUT2D eigenvalue weighted by Crippen LogP contribution is 2.27. The number of aromatic nitrogens is 1. The van der Waals surface area contributed by atoms with E-state index in [-0.39, 0.29) is 27.1 Å². The van der Waals surface area contributed by atoms with Gasteiger partial charge in [0, 0.05) is 17.3 Å². The number of nitrogens with zero attached hydrogens (tertiary/aromatic N) is 1. The van der Waals surface area contributed by atoms with Gasteiger partial charge in [0.1, 0.15) is 5.69 Å². The van der Waals surface area contributed by atoms with E-state index in [1.165, 1.54) is 12.1 Å². The third kappa shape index (κ3) is 4.66. The van der Waals surface area contributed by atoms with Crippen LogP contribution in [-0.4, -0.2) is 19.5 Å². The quantitative estimate of drug-likeness (QED) is 0.397. The fraction of sp³-hybridized carbons (Fsp3) is 0.0435. The van der Waals surface area contributed by atoms with Gasteiger partial charge in [-0.2, -0.15) is 0 Å². The molecule has 0 radical (unpaired) electrons. The highest BCUT2D eigenvalue weighted by molar-refractivity contribution is 7.92. The molecule has 9 heteroatoms. The Morgan fingerprint density at radius 3 is 2.44 bits per heavy atom. The molecule has 0 aliphatic carbocycles. The van der Waals surface area contributed by atoms with Crippen LogP contribution in [0.2, 0.25) is 5.02 Å². The Bertz CT molecular complexity index is 1390. The summed E-state index contributed by atoms with van der Waals surface area (Å²) in [6, 6.07) is 21.9. The molecule has 0 aliphatic rings. The molecule has 0 spiro atoms. The molecule has 0 bridgehead atoms. The first kappa shape index (κ1) is 21.6. The highest BCUT2D eigenvalue weighted by Gasteiger charge is 2.20. The average molecular weight is 468 g/mol. The third-order valence-electron chi connectivity index (χ3n) is 4.66. The van der Waals surface area contributed by atoms with E-state index in [4.69, 9.17) is 16.1 Å². The summed E-state index contributed by atoms with van der Waals surface area (Å²) in [5.41, 5.74) is 2.39. The van der Waals surface area contributed by atoms with Crippen molar-refractivity contribution >= 4 is 38.9 Å². The zero-order chi connectivity index (χ0) is 22.7. The van der Waals surface area contributed by atoms with Gasteiger partial charge in [-0.1, -0.05) is 65.3 Å². The van der Waals surface area contributed by atoms with Crippen molar-refractivity contribution < 1.29 is 17.7 Å². The molecule has 2 N–H and O–H groups in total. The average Bonchev–Trinajstić information content (AvgIpc) is 3.28. The summed E-state index contributed by atoms with van der Waals surface area (Å²) in [6.45, 7) is 1.66. The molecule has 162 valence electrons. The summed E-state index contributed by atoms with van der Waals surface area (Å²) in [7, 11) is -3.94. The van der Waals surface area contributed by atoms with Crippen molar-refractivity contribution in [3.63, 3.8) is 0 Å². The molecule has 1 amide bonds. The molecule has 0 unspecified atom stereocenters. The van der Waals surface area contributed by atoms with E-state index >= 15 is 0 Å². The Balaban J connectivity index is 1.56. The van der Waals surface area contributed by atoms with Crippen molar-refractivity contribution in [1.29, 1.82) is 0 Å². The third-order valence-corrected chi connectivity index (χ3v) is 6.49. The van der Waals surface area contributed by atoms with E-state index < -0.39 is 15.9 Å². The molecule has 32 heavy (non-hydrogen) atoms. The smallest absolute Gasteiger partial charge is 0.294 e. The van der Waals surface area contributed by atoms with Crippen LogP contribution in [0.4, 0.5) is 11.4 Å². The molecule has 4 rings (SSSR count). The first-order valence-corrected chi connectivity index (χ1v) is 11.4. The molecule has 4 aromatic rings. The number of sulfonamides is 1. The molecule has 3 aromatic carbocycles. The van der Waals surface area contributed by atoms with Crippen LogP contribution in [0.3, 0.4) is 0 Å². The monoisotopic (exact) mass is 467 g/mol. The van der Waals surface area contributed by atoms with E-state index in [2.05, 4.69) is 15.2 Å². The Morgan fingerprint density at radius 1 is 0.969 bits per heavy atom. The molecule has 7 nitrogen and oxygen atoms in total. The summed E-state index contributed by atoms with van der Waals surface area (Å²) in [4.78, 5) is 12.6. The van der Waals surface area contributed by atoms with Gasteiger partial charge < -0.3 is 9.84 Å². The molecular formula is C23H18ClN3O4S. The Kier molecular flexibility index (Phi) is 5.98. The minimum Gasteiger partial charge on any atom is -0.350 e. The first-order chi connectivity index (χ1) is 15.3. The number of aryl methyl sites for hydroxylation is 1. The van der Waals surface area contributed by atoms with Gasteiger partial charge in [-0.05, 0) is 36.8 Å². The first-order valence-electron chi connectivity index (χ1n) is 9.55. The minimum absolute atomic E-state index is 0.00280. The van der Waals surface area contributed by atoms with Crippen LogP contribution in [0.5, 0.6) is 0 Å². The predicted octanol–water partition coefficient (Wildman–Crippen LogP) is 5.36. The number of amides is 1. The summed E-state index contributed by atoms with van der Waals surface area (Å²) in [5, 5.41) is 6.84. The van der Waals surface area contributed by atoms with Gasteiger partial charge in [-0.3, -0.25) is 9.52 Å². The Hall–Kier alpha value is -3.62. The second kappa shape index (κ2) is 8.86. The van der Waals surface area contributed by atoms with Gasteiger partial charge in [-0.15, -0.1) is 0 Å². The highest BCUT2D eigenvalue weighted by atomic mass is 35.5. The number of halogens is 1. The van der Waals surface area contributed by atoms with Crippen LogP contribution in [0.15, 0.2) is 88.3 Å². The zero-order valence-electron chi connectivity index (χ0n) is 16.9. The van der Waals surface area contributed by atoms with Crippen molar-refractivity contribution in [2.75, 3.05) is 10.0 Å². The predicted molar refractivity (Wildman–Crippen MR) is 123 cm³/mol. The summed E-state index contributed by atoms with van der Waals surface area (Å²) in [6.07, 6.45) is 0. The van der Waals surface area contributed by atoms with E-state index in [1.54, 1.807) is 43.3 Å². The van der Waals surface area contributed by atoms with Crippen LogP contribution in [0.1, 0.15) is 16.1 Å². The van der Waals surface area contributed by atoms with Gasteiger partial charge in [0.25, 0.3) is 15.9 Å². The number of benzene rings is 3. The zero-order valence-corrected chi connectivity index (χ0v) is 18.4. The number of nitrogens with one attached hydrogen (secondary N) is 2. The molecule has 1 aromatic heterocycles. The van der Waals surface area contributed by atoms with Crippen LogP contribution in [-0.2, 0) is 10.0 Å². The van der Waals surface area contributed by atoms with E-state index in [1.807, 2.05) is 30.3 Å². The van der Waals surface area contributed by atoms with Crippen molar-refractivity contribution in [3.8, 4) is 11.3 Å². The molecule has 0 saturated heterocycles. The Labute approximate surface area is 190 Å². The fourth-order valence-corrected chi connectivity index (χ4v) is 4.62. The van der Waals surface area contributed by atoms with E-state index in [9.17, 15) is 13.2 Å². The van der Waals surface area contributed by atoms with Crippen molar-refractivity contribution in [3.05, 3.63) is 95.2 Å². The van der Waals surface area contributed by atoms with E-state index in [0.717, 1.165) is 5.56 Å². The van der Waals surface area contributed by atoms with Gasteiger partial charge in [-0.25, -0.2) is 8.42 Å². The number of carbonyl (C=O) groups excluding carboxylic acids is 1. The van der Waals surface area contributed by atoms with Gasteiger partial charge in [0.2, 0.25) is 5.76 Å². The van der Waals surface area contributed by atoms with Crippen molar-refractivity contribution in [1.82, 2.24) is 5.16 Å². The molecule has 0 fully saturated rings.